The number of methoxy groups -OCH3 is 1. The molecule has 3 unspecified atom stereocenters. The molecule has 1 aliphatic rings. The molecule has 0 saturated carbocycles. The minimum Gasteiger partial charge on any atom is -0.497 e. The molecule has 1 heterocycles. The number of aryl methyl sites for hydroxylation is 1. The van der Waals surface area contributed by atoms with E-state index < -0.39 is 0 Å². The molecule has 0 radical (unpaired) electrons. The Labute approximate surface area is 104 Å². The highest BCUT2D eigenvalue weighted by molar-refractivity contribution is 5.37. The van der Waals surface area contributed by atoms with Crippen molar-refractivity contribution >= 4 is 0 Å². The molecule has 1 fully saturated rings. The molecule has 1 aliphatic heterocycles. The summed E-state index contributed by atoms with van der Waals surface area (Å²) in [6.45, 7) is 6.63. The van der Waals surface area contributed by atoms with Crippen molar-refractivity contribution in [1.29, 1.82) is 0 Å². The van der Waals surface area contributed by atoms with Gasteiger partial charge in [0.1, 0.15) is 5.75 Å². The van der Waals surface area contributed by atoms with Gasteiger partial charge in [0.15, 0.2) is 0 Å². The number of epoxide rings is 1. The maximum atomic E-state index is 5.50. The van der Waals surface area contributed by atoms with E-state index in [1.165, 1.54) is 11.1 Å². The van der Waals surface area contributed by atoms with Crippen molar-refractivity contribution in [2.24, 2.45) is 0 Å². The van der Waals surface area contributed by atoms with Gasteiger partial charge in [0.25, 0.3) is 0 Å². The predicted molar refractivity (Wildman–Crippen MR) is 69.7 cm³/mol. The van der Waals surface area contributed by atoms with Crippen molar-refractivity contribution in [2.45, 2.75) is 51.7 Å². The van der Waals surface area contributed by atoms with E-state index in [2.05, 4.69) is 39.0 Å². The summed E-state index contributed by atoms with van der Waals surface area (Å²) < 4.78 is 10.8. The molecule has 0 N–H and O–H groups in total. The molecule has 2 rings (SSSR count). The summed E-state index contributed by atoms with van der Waals surface area (Å²) in [6, 6.07) is 6.42. The Kier molecular flexibility index (Phi) is 3.72. The van der Waals surface area contributed by atoms with Crippen LogP contribution in [0.15, 0.2) is 18.2 Å². The molecule has 0 bridgehead atoms. The van der Waals surface area contributed by atoms with Crippen LogP contribution in [-0.2, 0) is 11.2 Å². The molecule has 94 valence electrons. The van der Waals surface area contributed by atoms with Gasteiger partial charge in [0.2, 0.25) is 0 Å². The van der Waals surface area contributed by atoms with Crippen LogP contribution in [0.5, 0.6) is 5.75 Å². The van der Waals surface area contributed by atoms with Crippen LogP contribution in [0.2, 0.25) is 0 Å². The van der Waals surface area contributed by atoms with Crippen molar-refractivity contribution in [3.63, 3.8) is 0 Å². The first kappa shape index (κ1) is 12.4. The van der Waals surface area contributed by atoms with Crippen LogP contribution in [0.4, 0.5) is 0 Å². The Morgan fingerprint density at radius 2 is 2.12 bits per heavy atom. The zero-order valence-electron chi connectivity index (χ0n) is 11.2. The minimum absolute atomic E-state index is 0.459. The fourth-order valence-corrected chi connectivity index (χ4v) is 2.45. The Morgan fingerprint density at radius 3 is 2.65 bits per heavy atom. The minimum atomic E-state index is 0.459. The van der Waals surface area contributed by atoms with Gasteiger partial charge in [-0.3, -0.25) is 0 Å². The van der Waals surface area contributed by atoms with Crippen molar-refractivity contribution in [2.75, 3.05) is 7.11 Å². The molecular formula is C15H22O2. The molecule has 1 aromatic rings. The fraction of sp³-hybridized carbons (Fsp3) is 0.600. The van der Waals surface area contributed by atoms with Crippen LogP contribution in [0.3, 0.4) is 0 Å². The van der Waals surface area contributed by atoms with Crippen molar-refractivity contribution in [3.8, 4) is 5.75 Å². The molecule has 3 atom stereocenters. The first-order valence-corrected chi connectivity index (χ1v) is 6.48. The monoisotopic (exact) mass is 234 g/mol. The normalized spacial score (nSPS) is 24.5. The van der Waals surface area contributed by atoms with E-state index in [0.29, 0.717) is 18.1 Å². The lowest BCUT2D eigenvalue weighted by molar-refractivity contribution is 0.362. The predicted octanol–water partition coefficient (Wildman–Crippen LogP) is 3.54. The van der Waals surface area contributed by atoms with Gasteiger partial charge >= 0.3 is 0 Å². The SMILES string of the molecule is CCc1cc(OC)ccc1C(C)CC1OC1C. The number of hydrogen-bond donors (Lipinski definition) is 0. The van der Waals surface area contributed by atoms with Crippen LogP contribution in [0.1, 0.15) is 44.2 Å². The number of ether oxygens (including phenoxy) is 2. The van der Waals surface area contributed by atoms with Crippen molar-refractivity contribution < 1.29 is 9.47 Å². The maximum absolute atomic E-state index is 5.50. The highest BCUT2D eigenvalue weighted by Gasteiger charge is 2.35. The quantitative estimate of drug-likeness (QED) is 0.727. The van der Waals surface area contributed by atoms with Crippen molar-refractivity contribution in [3.05, 3.63) is 29.3 Å². The molecule has 0 aliphatic carbocycles. The Morgan fingerprint density at radius 1 is 1.41 bits per heavy atom. The number of hydrogen-bond acceptors (Lipinski definition) is 2. The maximum Gasteiger partial charge on any atom is 0.119 e. The van der Waals surface area contributed by atoms with Gasteiger partial charge in [0.05, 0.1) is 19.3 Å². The van der Waals surface area contributed by atoms with Gasteiger partial charge in [-0.05, 0) is 48.9 Å². The molecule has 1 aromatic carbocycles. The Hall–Kier alpha value is -1.02. The molecule has 0 spiro atoms. The summed E-state index contributed by atoms with van der Waals surface area (Å²) in [5.74, 6) is 1.51. The summed E-state index contributed by atoms with van der Waals surface area (Å²) in [4.78, 5) is 0. The van der Waals surface area contributed by atoms with E-state index in [4.69, 9.17) is 9.47 Å². The van der Waals surface area contributed by atoms with Gasteiger partial charge in [-0.1, -0.05) is 19.9 Å². The molecular weight excluding hydrogens is 212 g/mol. The average Bonchev–Trinajstić information content (AvgIpc) is 3.03. The summed E-state index contributed by atoms with van der Waals surface area (Å²) >= 11 is 0. The van der Waals surface area contributed by atoms with Crippen LogP contribution in [0, 0.1) is 0 Å². The van der Waals surface area contributed by atoms with E-state index >= 15 is 0 Å². The lowest BCUT2D eigenvalue weighted by Gasteiger charge is -2.16. The number of benzene rings is 1. The summed E-state index contributed by atoms with van der Waals surface area (Å²) in [7, 11) is 1.72. The lowest BCUT2D eigenvalue weighted by Crippen LogP contribution is -2.03. The second-order valence-electron chi connectivity index (χ2n) is 4.93. The standard InChI is InChI=1S/C15H22O2/c1-5-12-9-13(16-4)6-7-14(12)10(2)8-15-11(3)17-15/h6-7,9-11,15H,5,8H2,1-4H3. The second-order valence-corrected chi connectivity index (χ2v) is 4.93. The molecule has 1 saturated heterocycles. The van der Waals surface area contributed by atoms with E-state index in [9.17, 15) is 0 Å². The van der Waals surface area contributed by atoms with E-state index in [1.807, 2.05) is 0 Å². The van der Waals surface area contributed by atoms with E-state index in [0.717, 1.165) is 18.6 Å². The highest BCUT2D eigenvalue weighted by Crippen LogP contribution is 2.34. The molecule has 2 heteroatoms. The Balaban J connectivity index is 2.12. The third-order valence-corrected chi connectivity index (χ3v) is 3.68. The first-order chi connectivity index (χ1) is 8.15. The second kappa shape index (κ2) is 5.09. The lowest BCUT2D eigenvalue weighted by atomic mass is 9.90. The van der Waals surface area contributed by atoms with E-state index in [1.54, 1.807) is 7.11 Å². The zero-order valence-corrected chi connectivity index (χ0v) is 11.2. The third kappa shape index (κ3) is 2.81. The highest BCUT2D eigenvalue weighted by atomic mass is 16.6. The smallest absolute Gasteiger partial charge is 0.119 e. The average molecular weight is 234 g/mol. The van der Waals surface area contributed by atoms with Gasteiger partial charge in [-0.15, -0.1) is 0 Å². The van der Waals surface area contributed by atoms with E-state index in [-0.39, 0.29) is 0 Å². The summed E-state index contributed by atoms with van der Waals surface area (Å²) in [5, 5.41) is 0. The van der Waals surface area contributed by atoms with Gasteiger partial charge in [-0.2, -0.15) is 0 Å². The van der Waals surface area contributed by atoms with Crippen molar-refractivity contribution in [1.82, 2.24) is 0 Å². The summed E-state index contributed by atoms with van der Waals surface area (Å²) in [5.41, 5.74) is 2.83. The third-order valence-electron chi connectivity index (χ3n) is 3.68. The van der Waals surface area contributed by atoms with Crippen LogP contribution < -0.4 is 4.74 Å². The molecule has 0 aromatic heterocycles. The summed E-state index contributed by atoms with van der Waals surface area (Å²) in [6.07, 6.45) is 3.11. The van der Waals surface area contributed by atoms with Gasteiger partial charge in [0, 0.05) is 0 Å². The molecule has 0 amide bonds. The molecule has 2 nitrogen and oxygen atoms in total. The van der Waals surface area contributed by atoms with Gasteiger partial charge < -0.3 is 9.47 Å². The number of rotatable bonds is 5. The topological polar surface area (TPSA) is 21.8 Å². The zero-order chi connectivity index (χ0) is 12.4. The fourth-order valence-electron chi connectivity index (χ4n) is 2.45. The van der Waals surface area contributed by atoms with Crippen LogP contribution >= 0.6 is 0 Å². The largest absolute Gasteiger partial charge is 0.497 e. The Bertz CT molecular complexity index is 387. The van der Waals surface area contributed by atoms with Crippen LogP contribution in [0.25, 0.3) is 0 Å². The van der Waals surface area contributed by atoms with Crippen LogP contribution in [-0.4, -0.2) is 19.3 Å². The molecule has 17 heavy (non-hydrogen) atoms. The first-order valence-electron chi connectivity index (χ1n) is 6.48. The van der Waals surface area contributed by atoms with Gasteiger partial charge in [-0.25, -0.2) is 0 Å².